The molecule has 0 bridgehead atoms. The van der Waals surface area contributed by atoms with Gasteiger partial charge in [0.05, 0.1) is 19.3 Å². The molecule has 3 atom stereocenters. The zero-order valence-corrected chi connectivity index (χ0v) is 16.9. The maximum Gasteiger partial charge on any atom is 0.326 e. The van der Waals surface area contributed by atoms with E-state index >= 15 is 0 Å². The predicted molar refractivity (Wildman–Crippen MR) is 105 cm³/mol. The molecule has 1 aromatic rings. The van der Waals surface area contributed by atoms with Crippen LogP contribution in [-0.4, -0.2) is 80.4 Å². The first kappa shape index (κ1) is 26.0. The van der Waals surface area contributed by atoms with Gasteiger partial charge in [0.2, 0.25) is 23.6 Å². The summed E-state index contributed by atoms with van der Waals surface area (Å²) in [5.41, 5.74) is 10.6. The van der Waals surface area contributed by atoms with Crippen LogP contribution in [0.1, 0.15) is 25.0 Å². The van der Waals surface area contributed by atoms with Gasteiger partial charge in [0, 0.05) is 24.7 Å². The van der Waals surface area contributed by atoms with Crippen LogP contribution >= 0.6 is 0 Å². The Morgan fingerprint density at radius 3 is 2.12 bits per heavy atom. The predicted octanol–water partition coefficient (Wildman–Crippen LogP) is -3.81. The molecule has 0 aromatic carbocycles. The Bertz CT molecular complexity index is 842. The molecule has 0 aliphatic rings. The van der Waals surface area contributed by atoms with Gasteiger partial charge in [-0.25, -0.2) is 9.78 Å². The fourth-order valence-electron chi connectivity index (χ4n) is 2.55. The zero-order chi connectivity index (χ0) is 24.3. The fraction of sp³-hybridized carbons (Fsp3) is 0.471. The minimum atomic E-state index is -1.54. The standard InChI is InChI=1S/C17H25N7O8/c18-5-13(26)22-11(4-14(27)28)16(30)24-10(3-8-6-20-7-21-8)15(29)23-9(17(31)32)1-2-12(19)25/h6-7,9-11H,1-5,18H2,(H2,19,25)(H,20,21)(H,22,26)(H,23,29)(H,24,30)(H,27,28)(H,31,32). The summed E-state index contributed by atoms with van der Waals surface area (Å²) in [6, 6.07) is -4.38. The summed E-state index contributed by atoms with van der Waals surface area (Å²) < 4.78 is 0. The van der Waals surface area contributed by atoms with Crippen LogP contribution in [0.4, 0.5) is 0 Å². The third kappa shape index (κ3) is 9.21. The molecule has 0 radical (unpaired) electrons. The lowest BCUT2D eigenvalue weighted by atomic mass is 10.1. The van der Waals surface area contributed by atoms with E-state index in [0.717, 1.165) is 0 Å². The summed E-state index contributed by atoms with van der Waals surface area (Å²) >= 11 is 0. The molecule has 0 aliphatic heterocycles. The highest BCUT2D eigenvalue weighted by Crippen LogP contribution is 2.04. The second-order valence-electron chi connectivity index (χ2n) is 6.67. The number of hydrogen-bond donors (Lipinski definition) is 8. The number of carbonyl (C=O) groups is 6. The number of aliphatic carboxylic acids is 2. The van der Waals surface area contributed by atoms with Crippen LogP contribution in [0.25, 0.3) is 0 Å². The SMILES string of the molecule is NCC(=O)NC(CC(=O)O)C(=O)NC(Cc1cnc[nH]1)C(=O)NC(CCC(N)=O)C(=O)O. The van der Waals surface area contributed by atoms with Gasteiger partial charge in [-0.3, -0.25) is 24.0 Å². The van der Waals surface area contributed by atoms with E-state index in [-0.39, 0.29) is 19.3 Å². The summed E-state index contributed by atoms with van der Waals surface area (Å²) in [6.07, 6.45) is 1.14. The van der Waals surface area contributed by atoms with E-state index in [1.807, 2.05) is 0 Å². The maximum absolute atomic E-state index is 12.7. The molecule has 1 rings (SSSR count). The fourth-order valence-corrected chi connectivity index (χ4v) is 2.55. The molecule has 32 heavy (non-hydrogen) atoms. The smallest absolute Gasteiger partial charge is 0.326 e. The average Bonchev–Trinajstić information content (AvgIpc) is 3.22. The number of carbonyl (C=O) groups excluding carboxylic acids is 4. The molecule has 0 saturated heterocycles. The zero-order valence-electron chi connectivity index (χ0n) is 16.9. The number of carboxylic acid groups (broad SMARTS) is 2. The van der Waals surface area contributed by atoms with Gasteiger partial charge in [-0.05, 0) is 6.42 Å². The highest BCUT2D eigenvalue weighted by atomic mass is 16.4. The lowest BCUT2D eigenvalue weighted by Gasteiger charge is -2.23. The first-order chi connectivity index (χ1) is 15.0. The van der Waals surface area contributed by atoms with Crippen molar-refractivity contribution in [2.24, 2.45) is 11.5 Å². The summed E-state index contributed by atoms with van der Waals surface area (Å²) in [5.74, 6) is -6.31. The summed E-state index contributed by atoms with van der Waals surface area (Å²) in [4.78, 5) is 76.7. The highest BCUT2D eigenvalue weighted by Gasteiger charge is 2.31. The Hall–Kier alpha value is -4.01. The molecular weight excluding hydrogens is 430 g/mol. The van der Waals surface area contributed by atoms with Crippen molar-refractivity contribution in [1.29, 1.82) is 0 Å². The van der Waals surface area contributed by atoms with Crippen LogP contribution in [0.3, 0.4) is 0 Å². The van der Waals surface area contributed by atoms with Crippen molar-refractivity contribution in [3.8, 4) is 0 Å². The number of primary amides is 1. The average molecular weight is 455 g/mol. The van der Waals surface area contributed by atoms with Crippen LogP contribution in [0.2, 0.25) is 0 Å². The molecule has 1 aromatic heterocycles. The molecule has 0 fully saturated rings. The van der Waals surface area contributed by atoms with E-state index < -0.39 is 66.7 Å². The number of nitrogens with one attached hydrogen (secondary N) is 4. The molecule has 0 saturated carbocycles. The van der Waals surface area contributed by atoms with Gasteiger partial charge in [0.1, 0.15) is 18.1 Å². The third-order valence-electron chi connectivity index (χ3n) is 4.12. The Morgan fingerprint density at radius 2 is 1.62 bits per heavy atom. The summed E-state index contributed by atoms with van der Waals surface area (Å²) in [5, 5.41) is 24.9. The number of aromatic amines is 1. The molecule has 0 aliphatic carbocycles. The molecule has 10 N–H and O–H groups in total. The Kier molecular flexibility index (Phi) is 10.3. The lowest BCUT2D eigenvalue weighted by Crippen LogP contribution is -2.57. The van der Waals surface area contributed by atoms with Crippen molar-refractivity contribution in [2.75, 3.05) is 6.54 Å². The number of nitrogens with two attached hydrogens (primary N) is 2. The molecule has 1 heterocycles. The Labute approximate surface area is 181 Å². The van der Waals surface area contributed by atoms with E-state index in [2.05, 4.69) is 25.9 Å². The van der Waals surface area contributed by atoms with Crippen molar-refractivity contribution < 1.29 is 39.0 Å². The number of imidazole rings is 1. The number of amides is 4. The molecule has 3 unspecified atom stereocenters. The maximum atomic E-state index is 12.7. The van der Waals surface area contributed by atoms with E-state index in [4.69, 9.17) is 16.6 Å². The molecule has 0 spiro atoms. The number of aromatic nitrogens is 2. The second-order valence-corrected chi connectivity index (χ2v) is 6.67. The first-order valence-electron chi connectivity index (χ1n) is 9.33. The van der Waals surface area contributed by atoms with Crippen molar-refractivity contribution >= 4 is 35.6 Å². The molecular formula is C17H25N7O8. The van der Waals surface area contributed by atoms with Crippen molar-refractivity contribution in [2.45, 2.75) is 43.8 Å². The first-order valence-corrected chi connectivity index (χ1v) is 9.33. The van der Waals surface area contributed by atoms with Crippen molar-refractivity contribution in [3.05, 3.63) is 18.2 Å². The van der Waals surface area contributed by atoms with E-state index in [0.29, 0.717) is 5.69 Å². The van der Waals surface area contributed by atoms with Crippen LogP contribution < -0.4 is 27.4 Å². The topological polar surface area (TPSA) is 260 Å². The number of carboxylic acids is 2. The molecule has 15 nitrogen and oxygen atoms in total. The third-order valence-corrected chi connectivity index (χ3v) is 4.12. The van der Waals surface area contributed by atoms with Gasteiger partial charge in [-0.1, -0.05) is 0 Å². The van der Waals surface area contributed by atoms with Crippen LogP contribution in [0.15, 0.2) is 12.5 Å². The van der Waals surface area contributed by atoms with Crippen LogP contribution in [0.5, 0.6) is 0 Å². The van der Waals surface area contributed by atoms with Gasteiger partial charge in [0.25, 0.3) is 0 Å². The largest absolute Gasteiger partial charge is 0.481 e. The minimum Gasteiger partial charge on any atom is -0.481 e. The number of hydrogen-bond acceptors (Lipinski definition) is 8. The van der Waals surface area contributed by atoms with Gasteiger partial charge < -0.3 is 42.6 Å². The monoisotopic (exact) mass is 455 g/mol. The summed E-state index contributed by atoms with van der Waals surface area (Å²) in [7, 11) is 0. The quantitative estimate of drug-likeness (QED) is 0.135. The van der Waals surface area contributed by atoms with Crippen molar-refractivity contribution in [1.82, 2.24) is 25.9 Å². The lowest BCUT2D eigenvalue weighted by molar-refractivity contribution is -0.143. The minimum absolute atomic E-state index is 0.162. The number of nitrogens with zero attached hydrogens (tertiary/aromatic N) is 1. The van der Waals surface area contributed by atoms with Crippen LogP contribution in [0, 0.1) is 0 Å². The van der Waals surface area contributed by atoms with Gasteiger partial charge >= 0.3 is 11.9 Å². The Morgan fingerprint density at radius 1 is 1.00 bits per heavy atom. The highest BCUT2D eigenvalue weighted by molar-refractivity contribution is 5.95. The van der Waals surface area contributed by atoms with Gasteiger partial charge in [-0.15, -0.1) is 0 Å². The van der Waals surface area contributed by atoms with Gasteiger partial charge in [-0.2, -0.15) is 0 Å². The van der Waals surface area contributed by atoms with Gasteiger partial charge in [0.15, 0.2) is 0 Å². The van der Waals surface area contributed by atoms with Crippen LogP contribution in [-0.2, 0) is 35.2 Å². The van der Waals surface area contributed by atoms with Crippen molar-refractivity contribution in [3.63, 3.8) is 0 Å². The Balaban J connectivity index is 3.02. The number of rotatable bonds is 14. The summed E-state index contributed by atoms with van der Waals surface area (Å²) in [6.45, 7) is -0.498. The number of H-pyrrole nitrogens is 1. The molecule has 176 valence electrons. The second kappa shape index (κ2) is 12.6. The van der Waals surface area contributed by atoms with E-state index in [9.17, 15) is 33.9 Å². The van der Waals surface area contributed by atoms with E-state index in [1.54, 1.807) is 0 Å². The van der Waals surface area contributed by atoms with E-state index in [1.165, 1.54) is 12.5 Å². The normalized spacial score (nSPS) is 13.3. The molecule has 4 amide bonds. The molecule has 15 heteroatoms.